The number of hydrogen-bond donors (Lipinski definition) is 2. The van der Waals surface area contributed by atoms with E-state index in [-0.39, 0.29) is 0 Å². The molecule has 3 heteroatoms. The van der Waals surface area contributed by atoms with Crippen LogP contribution in [-0.4, -0.2) is 17.1 Å². The number of carbonyl (C=O) groups is 1. The van der Waals surface area contributed by atoms with Crippen molar-refractivity contribution in [3.63, 3.8) is 0 Å². The van der Waals surface area contributed by atoms with Crippen LogP contribution < -0.4 is 5.73 Å². The molecule has 1 aromatic rings. The fourth-order valence-electron chi connectivity index (χ4n) is 0.955. The van der Waals surface area contributed by atoms with Gasteiger partial charge in [0.15, 0.2) is 0 Å². The van der Waals surface area contributed by atoms with Crippen LogP contribution >= 0.6 is 0 Å². The molecule has 3 nitrogen and oxygen atoms in total. The van der Waals surface area contributed by atoms with E-state index in [1.165, 1.54) is 0 Å². The molecule has 1 rings (SSSR count). The van der Waals surface area contributed by atoms with Crippen LogP contribution in [0.3, 0.4) is 0 Å². The van der Waals surface area contributed by atoms with Gasteiger partial charge in [0, 0.05) is 0 Å². The molecule has 0 aliphatic heterocycles. The first-order valence-corrected chi connectivity index (χ1v) is 4.22. The largest absolute Gasteiger partial charge is 0.480 e. The monoisotopic (exact) mass is 193 g/mol. The van der Waals surface area contributed by atoms with Crippen molar-refractivity contribution >= 4 is 5.97 Å². The van der Waals surface area contributed by atoms with Crippen LogP contribution in [0.1, 0.15) is 5.56 Å². The summed E-state index contributed by atoms with van der Waals surface area (Å²) >= 11 is 0. The lowest BCUT2D eigenvalue weighted by molar-refractivity contribution is -0.138. The lowest BCUT2D eigenvalue weighted by Crippen LogP contribution is -2.32. The zero-order valence-electron chi connectivity index (χ0n) is 8.02. The second kappa shape index (κ2) is 6.86. The van der Waals surface area contributed by atoms with E-state index in [9.17, 15) is 4.79 Å². The van der Waals surface area contributed by atoms with E-state index >= 15 is 0 Å². The van der Waals surface area contributed by atoms with Gasteiger partial charge in [-0.15, -0.1) is 13.2 Å². The summed E-state index contributed by atoms with van der Waals surface area (Å²) in [6.07, 6.45) is 0.385. The maximum absolute atomic E-state index is 10.4. The Morgan fingerprint density at radius 2 is 1.86 bits per heavy atom. The van der Waals surface area contributed by atoms with E-state index < -0.39 is 12.0 Å². The van der Waals surface area contributed by atoms with Crippen molar-refractivity contribution in [1.29, 1.82) is 0 Å². The molecule has 14 heavy (non-hydrogen) atoms. The first-order valence-electron chi connectivity index (χ1n) is 4.22. The van der Waals surface area contributed by atoms with Crippen molar-refractivity contribution < 1.29 is 9.90 Å². The fourth-order valence-corrected chi connectivity index (χ4v) is 0.955. The molecule has 0 radical (unpaired) electrons. The average Bonchev–Trinajstić information content (AvgIpc) is 2.22. The lowest BCUT2D eigenvalue weighted by Gasteiger charge is -2.04. The van der Waals surface area contributed by atoms with E-state index in [1.54, 1.807) is 0 Å². The molecule has 0 unspecified atom stereocenters. The van der Waals surface area contributed by atoms with Gasteiger partial charge in [-0.25, -0.2) is 0 Å². The minimum atomic E-state index is -0.959. The molecular formula is C11H15NO2. The minimum Gasteiger partial charge on any atom is -0.480 e. The standard InChI is InChI=1S/C9H11NO2.C2H4/c10-8(9(11)12)6-7-4-2-1-3-5-7;1-2/h1-5,8H,6,10H2,(H,11,12);1-2H2/t8-;/m0./s1. The van der Waals surface area contributed by atoms with Gasteiger partial charge >= 0.3 is 5.97 Å². The molecule has 76 valence electrons. The second-order valence-electron chi connectivity index (χ2n) is 2.63. The Morgan fingerprint density at radius 3 is 2.29 bits per heavy atom. The molecule has 0 fully saturated rings. The molecule has 0 aliphatic carbocycles. The molecule has 1 atom stereocenters. The number of rotatable bonds is 3. The Kier molecular flexibility index (Phi) is 6.07. The molecular weight excluding hydrogens is 178 g/mol. The smallest absolute Gasteiger partial charge is 0.320 e. The summed E-state index contributed by atoms with van der Waals surface area (Å²) in [5.74, 6) is -0.959. The molecule has 0 aromatic heterocycles. The predicted octanol–water partition coefficient (Wildman–Crippen LogP) is 1.44. The van der Waals surface area contributed by atoms with Crippen LogP contribution in [0.25, 0.3) is 0 Å². The zero-order chi connectivity index (χ0) is 11.0. The molecule has 0 saturated heterocycles. The van der Waals surface area contributed by atoms with Gasteiger partial charge in [-0.2, -0.15) is 0 Å². The van der Waals surface area contributed by atoms with E-state index in [2.05, 4.69) is 13.2 Å². The average molecular weight is 193 g/mol. The summed E-state index contributed by atoms with van der Waals surface area (Å²) < 4.78 is 0. The van der Waals surface area contributed by atoms with Crippen LogP contribution in [0.5, 0.6) is 0 Å². The van der Waals surface area contributed by atoms with Crippen molar-refractivity contribution in [2.24, 2.45) is 5.73 Å². The third kappa shape index (κ3) is 4.42. The Bertz CT molecular complexity index is 272. The third-order valence-electron chi connectivity index (χ3n) is 1.62. The van der Waals surface area contributed by atoms with Crippen molar-refractivity contribution in [1.82, 2.24) is 0 Å². The number of nitrogens with two attached hydrogens (primary N) is 1. The highest BCUT2D eigenvalue weighted by atomic mass is 16.4. The minimum absolute atomic E-state index is 0.385. The third-order valence-corrected chi connectivity index (χ3v) is 1.62. The van der Waals surface area contributed by atoms with Gasteiger partial charge in [-0.05, 0) is 12.0 Å². The maximum atomic E-state index is 10.4. The van der Waals surface area contributed by atoms with E-state index in [1.807, 2.05) is 30.3 Å². The van der Waals surface area contributed by atoms with Gasteiger partial charge in [0.25, 0.3) is 0 Å². The van der Waals surface area contributed by atoms with Crippen molar-refractivity contribution in [2.45, 2.75) is 12.5 Å². The molecule has 3 N–H and O–H groups in total. The summed E-state index contributed by atoms with van der Waals surface area (Å²) in [5, 5.41) is 8.52. The van der Waals surface area contributed by atoms with Gasteiger partial charge in [0.05, 0.1) is 0 Å². The second-order valence-corrected chi connectivity index (χ2v) is 2.63. The zero-order valence-corrected chi connectivity index (χ0v) is 8.02. The molecule has 0 spiro atoms. The Labute approximate surface area is 83.9 Å². The van der Waals surface area contributed by atoms with Gasteiger partial charge in [-0.1, -0.05) is 30.3 Å². The number of carboxylic acids is 1. The number of aliphatic carboxylic acids is 1. The highest BCUT2D eigenvalue weighted by Crippen LogP contribution is 2.01. The fraction of sp³-hybridized carbons (Fsp3) is 0.182. The van der Waals surface area contributed by atoms with E-state index in [0.717, 1.165) is 5.56 Å². The highest BCUT2D eigenvalue weighted by molar-refractivity contribution is 5.73. The molecule has 0 amide bonds. The van der Waals surface area contributed by atoms with E-state index in [4.69, 9.17) is 10.8 Å². The Morgan fingerprint density at radius 1 is 1.36 bits per heavy atom. The summed E-state index contributed by atoms with van der Waals surface area (Å²) in [6, 6.07) is 8.54. The number of hydrogen-bond acceptors (Lipinski definition) is 2. The number of benzene rings is 1. The van der Waals surface area contributed by atoms with Crippen molar-refractivity contribution in [3.05, 3.63) is 49.1 Å². The van der Waals surface area contributed by atoms with Crippen LogP contribution in [-0.2, 0) is 11.2 Å². The molecule has 0 bridgehead atoms. The van der Waals surface area contributed by atoms with Gasteiger partial charge in [-0.3, -0.25) is 4.79 Å². The van der Waals surface area contributed by atoms with Crippen LogP contribution in [0.2, 0.25) is 0 Å². The molecule has 0 saturated carbocycles. The van der Waals surface area contributed by atoms with Gasteiger partial charge < -0.3 is 10.8 Å². The first-order chi connectivity index (χ1) is 6.70. The van der Waals surface area contributed by atoms with Crippen LogP contribution in [0.15, 0.2) is 43.5 Å². The molecule has 1 aromatic carbocycles. The Hall–Kier alpha value is -1.61. The highest BCUT2D eigenvalue weighted by Gasteiger charge is 2.10. The first kappa shape index (κ1) is 12.4. The Balaban J connectivity index is 0.000000791. The van der Waals surface area contributed by atoms with Gasteiger partial charge in [0.2, 0.25) is 0 Å². The number of carboxylic acid groups (broad SMARTS) is 1. The van der Waals surface area contributed by atoms with Crippen molar-refractivity contribution in [3.8, 4) is 0 Å². The summed E-state index contributed by atoms with van der Waals surface area (Å²) in [5.41, 5.74) is 6.30. The quantitative estimate of drug-likeness (QED) is 0.714. The van der Waals surface area contributed by atoms with Crippen LogP contribution in [0.4, 0.5) is 0 Å². The van der Waals surface area contributed by atoms with Gasteiger partial charge in [0.1, 0.15) is 6.04 Å². The summed E-state index contributed by atoms with van der Waals surface area (Å²) in [4.78, 5) is 10.4. The van der Waals surface area contributed by atoms with E-state index in [0.29, 0.717) is 6.42 Å². The topological polar surface area (TPSA) is 63.3 Å². The van der Waals surface area contributed by atoms with Crippen LogP contribution in [0, 0.1) is 0 Å². The predicted molar refractivity (Wildman–Crippen MR) is 57.0 cm³/mol. The SMILES string of the molecule is C=C.N[C@@H](Cc1ccccc1)C(=O)O. The normalized spacial score (nSPS) is 10.9. The van der Waals surface area contributed by atoms with Crippen molar-refractivity contribution in [2.75, 3.05) is 0 Å². The summed E-state index contributed by atoms with van der Waals surface area (Å²) in [6.45, 7) is 6.00. The lowest BCUT2D eigenvalue weighted by atomic mass is 10.1. The molecule has 0 aliphatic rings. The maximum Gasteiger partial charge on any atom is 0.320 e. The molecule has 0 heterocycles. The summed E-state index contributed by atoms with van der Waals surface area (Å²) in [7, 11) is 0.